The Morgan fingerprint density at radius 1 is 1.30 bits per heavy atom. The molecule has 23 heavy (non-hydrogen) atoms. The molecule has 0 bridgehead atoms. The third-order valence-electron chi connectivity index (χ3n) is 4.89. The Morgan fingerprint density at radius 2 is 1.83 bits per heavy atom. The highest BCUT2D eigenvalue weighted by molar-refractivity contribution is 6.74. The normalized spacial score (nSPS) is 16.2. The van der Waals surface area contributed by atoms with Crippen LogP contribution in [0.4, 0.5) is 0 Å². The standard InChI is InChI=1S/C20H30O2Si/c1-9-20(10-2,22-23(7,8)19(4,5)6)15-16(3)17-11-13-18(21)14-12-17/h1,10-14,16,21H,2,15H2,3-8H3. The van der Waals surface area contributed by atoms with Crippen molar-refractivity contribution in [2.24, 2.45) is 0 Å². The molecule has 1 aromatic rings. The summed E-state index contributed by atoms with van der Waals surface area (Å²) in [5, 5.41) is 9.52. The summed E-state index contributed by atoms with van der Waals surface area (Å²) in [5.41, 5.74) is 0.364. The van der Waals surface area contributed by atoms with Crippen LogP contribution in [0.5, 0.6) is 5.75 Å². The molecule has 0 saturated carbocycles. The largest absolute Gasteiger partial charge is 0.508 e. The van der Waals surface area contributed by atoms with Crippen molar-refractivity contribution in [3.63, 3.8) is 0 Å². The van der Waals surface area contributed by atoms with Gasteiger partial charge in [0.2, 0.25) is 0 Å². The van der Waals surface area contributed by atoms with Crippen molar-refractivity contribution in [3.05, 3.63) is 42.5 Å². The molecular weight excluding hydrogens is 300 g/mol. The quantitative estimate of drug-likeness (QED) is 0.426. The van der Waals surface area contributed by atoms with Gasteiger partial charge in [-0.25, -0.2) is 0 Å². The van der Waals surface area contributed by atoms with Crippen LogP contribution in [0, 0.1) is 12.3 Å². The van der Waals surface area contributed by atoms with Gasteiger partial charge in [-0.1, -0.05) is 52.3 Å². The molecule has 1 rings (SSSR count). The zero-order valence-corrected chi connectivity index (χ0v) is 16.3. The van der Waals surface area contributed by atoms with Gasteiger partial charge < -0.3 is 9.53 Å². The molecule has 2 atom stereocenters. The highest BCUT2D eigenvalue weighted by Crippen LogP contribution is 2.41. The van der Waals surface area contributed by atoms with E-state index in [0.29, 0.717) is 6.42 Å². The number of terminal acetylenes is 1. The molecular formula is C20H30O2Si. The molecule has 2 nitrogen and oxygen atoms in total. The zero-order chi connectivity index (χ0) is 17.9. The molecule has 0 fully saturated rings. The van der Waals surface area contributed by atoms with Crippen molar-refractivity contribution in [2.75, 3.05) is 0 Å². The Labute approximate surface area is 142 Å². The molecule has 1 N–H and O–H groups in total. The van der Waals surface area contributed by atoms with Gasteiger partial charge in [-0.15, -0.1) is 6.42 Å². The zero-order valence-electron chi connectivity index (χ0n) is 15.3. The van der Waals surface area contributed by atoms with Gasteiger partial charge in [-0.3, -0.25) is 0 Å². The highest BCUT2D eigenvalue weighted by atomic mass is 28.4. The summed E-state index contributed by atoms with van der Waals surface area (Å²) in [5.74, 6) is 3.32. The number of phenols is 1. The minimum absolute atomic E-state index is 0.0832. The summed E-state index contributed by atoms with van der Waals surface area (Å²) in [7, 11) is -2.01. The second-order valence-electron chi connectivity index (χ2n) is 7.80. The number of hydrogen-bond acceptors (Lipinski definition) is 2. The lowest BCUT2D eigenvalue weighted by molar-refractivity contribution is 0.144. The van der Waals surface area contributed by atoms with Crippen LogP contribution < -0.4 is 0 Å². The van der Waals surface area contributed by atoms with Crippen molar-refractivity contribution in [1.82, 2.24) is 0 Å². The van der Waals surface area contributed by atoms with E-state index in [9.17, 15) is 5.11 Å². The summed E-state index contributed by atoms with van der Waals surface area (Å²) in [6.45, 7) is 17.1. The average molecular weight is 331 g/mol. The van der Waals surface area contributed by atoms with E-state index in [4.69, 9.17) is 10.8 Å². The molecule has 2 unspecified atom stereocenters. The molecule has 0 heterocycles. The van der Waals surface area contributed by atoms with E-state index in [1.165, 1.54) is 0 Å². The van der Waals surface area contributed by atoms with Gasteiger partial charge in [0.25, 0.3) is 0 Å². The number of phenolic OH excluding ortho intramolecular Hbond substituents is 1. The highest BCUT2D eigenvalue weighted by Gasteiger charge is 2.43. The van der Waals surface area contributed by atoms with Crippen LogP contribution in [0.3, 0.4) is 0 Å². The first-order valence-electron chi connectivity index (χ1n) is 8.07. The lowest BCUT2D eigenvalue weighted by Gasteiger charge is -2.43. The predicted octanol–water partition coefficient (Wildman–Crippen LogP) is 5.47. The molecule has 0 radical (unpaired) electrons. The summed E-state index contributed by atoms with van der Waals surface area (Å²) >= 11 is 0. The molecule has 0 spiro atoms. The number of aromatic hydroxyl groups is 1. The fourth-order valence-electron chi connectivity index (χ4n) is 2.30. The Bertz CT molecular complexity index is 575. The van der Waals surface area contributed by atoms with E-state index in [0.717, 1.165) is 5.56 Å². The molecule has 3 heteroatoms. The summed E-state index contributed by atoms with van der Waals surface area (Å²) < 4.78 is 6.54. The van der Waals surface area contributed by atoms with E-state index in [2.05, 4.69) is 53.3 Å². The number of benzene rings is 1. The van der Waals surface area contributed by atoms with Crippen LogP contribution in [-0.2, 0) is 4.43 Å². The van der Waals surface area contributed by atoms with Crippen molar-refractivity contribution in [1.29, 1.82) is 0 Å². The predicted molar refractivity (Wildman–Crippen MR) is 101 cm³/mol. The summed E-state index contributed by atoms with van der Waals surface area (Å²) in [6.07, 6.45) is 8.29. The maximum atomic E-state index is 9.44. The Morgan fingerprint density at radius 3 is 2.22 bits per heavy atom. The van der Waals surface area contributed by atoms with Gasteiger partial charge in [-0.05, 0) is 54.2 Å². The van der Waals surface area contributed by atoms with E-state index < -0.39 is 13.9 Å². The molecule has 1 aromatic carbocycles. The van der Waals surface area contributed by atoms with Crippen LogP contribution in [0.2, 0.25) is 18.1 Å². The Balaban J connectivity index is 3.04. The van der Waals surface area contributed by atoms with Gasteiger partial charge >= 0.3 is 0 Å². The van der Waals surface area contributed by atoms with Crippen LogP contribution >= 0.6 is 0 Å². The van der Waals surface area contributed by atoms with Crippen LogP contribution in [0.25, 0.3) is 0 Å². The third kappa shape index (κ3) is 4.73. The Hall–Kier alpha value is -1.50. The van der Waals surface area contributed by atoms with Crippen LogP contribution in [-0.4, -0.2) is 19.0 Å². The van der Waals surface area contributed by atoms with E-state index in [-0.39, 0.29) is 16.7 Å². The van der Waals surface area contributed by atoms with Crippen molar-refractivity contribution >= 4 is 8.32 Å². The molecule has 0 aliphatic heterocycles. The summed E-state index contributed by atoms with van der Waals surface area (Å²) in [4.78, 5) is 0. The first-order valence-corrected chi connectivity index (χ1v) is 11.0. The van der Waals surface area contributed by atoms with E-state index in [1.54, 1.807) is 18.2 Å². The minimum atomic E-state index is -2.01. The lowest BCUT2D eigenvalue weighted by atomic mass is 9.87. The molecule has 126 valence electrons. The van der Waals surface area contributed by atoms with Crippen LogP contribution in [0.1, 0.15) is 45.6 Å². The summed E-state index contributed by atoms with van der Waals surface area (Å²) in [6, 6.07) is 7.26. The van der Waals surface area contributed by atoms with Crippen molar-refractivity contribution in [3.8, 4) is 18.1 Å². The fraction of sp³-hybridized carbons (Fsp3) is 0.500. The van der Waals surface area contributed by atoms with Gasteiger partial charge in [0.1, 0.15) is 11.4 Å². The second kappa shape index (κ2) is 6.94. The maximum Gasteiger partial charge on any atom is 0.194 e. The maximum absolute atomic E-state index is 9.44. The molecule has 0 aromatic heterocycles. The Kier molecular flexibility index (Phi) is 5.90. The topological polar surface area (TPSA) is 29.5 Å². The number of rotatable bonds is 6. The van der Waals surface area contributed by atoms with Crippen LogP contribution in [0.15, 0.2) is 36.9 Å². The molecule has 0 saturated heterocycles. The first kappa shape index (κ1) is 19.5. The van der Waals surface area contributed by atoms with E-state index in [1.807, 2.05) is 12.1 Å². The van der Waals surface area contributed by atoms with Gasteiger partial charge in [0.15, 0.2) is 8.32 Å². The minimum Gasteiger partial charge on any atom is -0.508 e. The van der Waals surface area contributed by atoms with E-state index >= 15 is 0 Å². The number of hydrogen-bond donors (Lipinski definition) is 1. The molecule has 0 amide bonds. The molecule has 0 aliphatic rings. The van der Waals surface area contributed by atoms with Gasteiger partial charge in [0, 0.05) is 0 Å². The smallest absolute Gasteiger partial charge is 0.194 e. The first-order chi connectivity index (χ1) is 10.5. The monoisotopic (exact) mass is 330 g/mol. The second-order valence-corrected chi connectivity index (χ2v) is 12.5. The van der Waals surface area contributed by atoms with Crippen molar-refractivity contribution in [2.45, 2.75) is 63.8 Å². The SMILES string of the molecule is C#CC(C=C)(CC(C)c1ccc(O)cc1)O[Si](C)(C)C(C)(C)C. The lowest BCUT2D eigenvalue weighted by Crippen LogP contribution is -2.49. The third-order valence-corrected chi connectivity index (χ3v) is 9.38. The molecule has 0 aliphatic carbocycles. The van der Waals surface area contributed by atoms with Crippen molar-refractivity contribution < 1.29 is 9.53 Å². The van der Waals surface area contributed by atoms with Gasteiger partial charge in [0.05, 0.1) is 0 Å². The fourth-order valence-corrected chi connectivity index (χ4v) is 3.74. The van der Waals surface area contributed by atoms with Gasteiger partial charge in [-0.2, -0.15) is 0 Å². The average Bonchev–Trinajstić information content (AvgIpc) is 2.45.